The van der Waals surface area contributed by atoms with Gasteiger partial charge in [0.05, 0.1) is 6.54 Å². The normalized spacial score (nSPS) is 13.6. The van der Waals surface area contributed by atoms with Crippen molar-refractivity contribution in [3.8, 4) is 0 Å². The maximum absolute atomic E-state index is 13.5. The Bertz CT molecular complexity index is 1440. The Morgan fingerprint density at radius 2 is 1.69 bits per heavy atom. The maximum Gasteiger partial charge on any atom is 0.332 e. The first-order valence-electron chi connectivity index (χ1n) is 10.6. The molecule has 2 aromatic carbocycles. The van der Waals surface area contributed by atoms with Crippen LogP contribution in [0.1, 0.15) is 23.1 Å². The minimum absolute atomic E-state index is 0.0724. The van der Waals surface area contributed by atoms with Crippen LogP contribution in [-0.2, 0) is 20.1 Å². The van der Waals surface area contributed by atoms with Crippen LogP contribution in [0.25, 0.3) is 11.2 Å². The first-order valence-corrected chi connectivity index (χ1v) is 10.6. The van der Waals surface area contributed by atoms with Crippen LogP contribution in [0.5, 0.6) is 0 Å². The van der Waals surface area contributed by atoms with Gasteiger partial charge in [-0.3, -0.25) is 13.9 Å². The van der Waals surface area contributed by atoms with E-state index in [2.05, 4.69) is 36.9 Å². The van der Waals surface area contributed by atoms with Crippen LogP contribution in [0.15, 0.2) is 52.1 Å². The van der Waals surface area contributed by atoms with Gasteiger partial charge in [-0.2, -0.15) is 4.98 Å². The summed E-state index contributed by atoms with van der Waals surface area (Å²) in [7, 11) is 1.63. The molecule has 5 rings (SSSR count). The van der Waals surface area contributed by atoms with Crippen molar-refractivity contribution < 1.29 is 4.39 Å². The third kappa shape index (κ3) is 3.23. The van der Waals surface area contributed by atoms with Crippen LogP contribution in [0, 0.1) is 19.7 Å². The minimum Gasteiger partial charge on any atom is -0.312 e. The Kier molecular flexibility index (Phi) is 4.73. The second-order valence-electron chi connectivity index (χ2n) is 8.45. The summed E-state index contributed by atoms with van der Waals surface area (Å²) in [5.41, 5.74) is 3.98. The number of anilines is 2. The van der Waals surface area contributed by atoms with Gasteiger partial charge in [0.2, 0.25) is 5.95 Å². The van der Waals surface area contributed by atoms with Crippen LogP contribution in [0.3, 0.4) is 0 Å². The van der Waals surface area contributed by atoms with Gasteiger partial charge in [0.1, 0.15) is 5.82 Å². The number of hydrogen-bond acceptors (Lipinski definition) is 4. The van der Waals surface area contributed by atoms with Gasteiger partial charge in [-0.1, -0.05) is 18.2 Å². The summed E-state index contributed by atoms with van der Waals surface area (Å²) in [5, 5.41) is 0. The number of nitrogens with zero attached hydrogens (tertiary/aromatic N) is 5. The lowest BCUT2D eigenvalue weighted by Crippen LogP contribution is -2.40. The van der Waals surface area contributed by atoms with Gasteiger partial charge in [0.25, 0.3) is 5.56 Å². The van der Waals surface area contributed by atoms with Crippen molar-refractivity contribution in [2.75, 3.05) is 11.4 Å². The van der Waals surface area contributed by atoms with Crippen LogP contribution >= 0.6 is 0 Å². The maximum atomic E-state index is 13.5. The fourth-order valence-electron chi connectivity index (χ4n) is 4.53. The molecular formula is C24H24FN5O2. The predicted molar refractivity (Wildman–Crippen MR) is 122 cm³/mol. The van der Waals surface area contributed by atoms with Gasteiger partial charge in [-0.15, -0.1) is 0 Å². The number of halogens is 1. The molecule has 0 saturated heterocycles. The van der Waals surface area contributed by atoms with Crippen molar-refractivity contribution in [2.24, 2.45) is 7.05 Å². The lowest BCUT2D eigenvalue weighted by atomic mass is 10.1. The van der Waals surface area contributed by atoms with Crippen molar-refractivity contribution in [3.63, 3.8) is 0 Å². The summed E-state index contributed by atoms with van der Waals surface area (Å²) in [6, 6.07) is 12.1. The minimum atomic E-state index is -0.444. The quantitative estimate of drug-likeness (QED) is 0.498. The molecular weight excluding hydrogens is 409 g/mol. The number of rotatable bonds is 3. The van der Waals surface area contributed by atoms with Crippen molar-refractivity contribution in [1.82, 2.24) is 18.7 Å². The molecule has 0 spiro atoms. The smallest absolute Gasteiger partial charge is 0.312 e. The summed E-state index contributed by atoms with van der Waals surface area (Å²) < 4.78 is 17.8. The summed E-state index contributed by atoms with van der Waals surface area (Å²) in [6.45, 7) is 5.62. The molecule has 32 heavy (non-hydrogen) atoms. The van der Waals surface area contributed by atoms with Crippen molar-refractivity contribution in [2.45, 2.75) is 33.4 Å². The molecule has 1 aliphatic rings. The lowest BCUT2D eigenvalue weighted by Gasteiger charge is -2.29. The standard InChI is InChI=1S/C24H24FN5O2/c1-15-11-16(2)13-19(12-15)28-9-4-10-29-20-21(26-23(28)29)27(3)24(32)30(22(20)31)14-17-5-7-18(25)8-6-17/h5-8,11-13H,4,9-10,14H2,1-3H3. The van der Waals surface area contributed by atoms with E-state index in [9.17, 15) is 14.0 Å². The molecule has 2 aromatic heterocycles. The molecule has 8 heteroatoms. The van der Waals surface area contributed by atoms with E-state index in [-0.39, 0.29) is 17.9 Å². The molecule has 0 N–H and O–H groups in total. The van der Waals surface area contributed by atoms with E-state index >= 15 is 0 Å². The zero-order valence-corrected chi connectivity index (χ0v) is 18.3. The van der Waals surface area contributed by atoms with Gasteiger partial charge >= 0.3 is 5.69 Å². The SMILES string of the molecule is Cc1cc(C)cc(N2CCCn3c2nc2c3c(=O)n(Cc3ccc(F)cc3)c(=O)n2C)c1. The van der Waals surface area contributed by atoms with Gasteiger partial charge in [0, 0.05) is 25.8 Å². The van der Waals surface area contributed by atoms with Crippen LogP contribution in [0.4, 0.5) is 16.0 Å². The summed E-state index contributed by atoms with van der Waals surface area (Å²) >= 11 is 0. The molecule has 0 unspecified atom stereocenters. The molecule has 0 fully saturated rings. The molecule has 7 nitrogen and oxygen atoms in total. The second kappa shape index (κ2) is 7.47. The molecule has 0 radical (unpaired) electrons. The number of hydrogen-bond donors (Lipinski definition) is 0. The fraction of sp³-hybridized carbons (Fsp3) is 0.292. The van der Waals surface area contributed by atoms with Crippen molar-refractivity contribution in [1.29, 1.82) is 0 Å². The first-order chi connectivity index (χ1) is 15.3. The molecule has 0 aliphatic carbocycles. The number of imidazole rings is 1. The van der Waals surface area contributed by atoms with E-state index < -0.39 is 5.69 Å². The number of aromatic nitrogens is 4. The van der Waals surface area contributed by atoms with E-state index in [0.717, 1.165) is 29.8 Å². The largest absolute Gasteiger partial charge is 0.332 e. The summed E-state index contributed by atoms with van der Waals surface area (Å²) in [5.74, 6) is 0.309. The third-order valence-corrected chi connectivity index (χ3v) is 5.99. The summed E-state index contributed by atoms with van der Waals surface area (Å²) in [6.07, 6.45) is 0.853. The number of benzene rings is 2. The Hall–Kier alpha value is -3.68. The molecule has 0 saturated carbocycles. The van der Waals surface area contributed by atoms with Crippen LogP contribution in [0.2, 0.25) is 0 Å². The highest BCUT2D eigenvalue weighted by molar-refractivity contribution is 5.77. The zero-order valence-electron chi connectivity index (χ0n) is 18.3. The Morgan fingerprint density at radius 1 is 1.00 bits per heavy atom. The third-order valence-electron chi connectivity index (χ3n) is 5.99. The molecule has 164 valence electrons. The Balaban J connectivity index is 1.70. The Morgan fingerprint density at radius 3 is 2.38 bits per heavy atom. The second-order valence-corrected chi connectivity index (χ2v) is 8.45. The average molecular weight is 433 g/mol. The molecule has 1 aliphatic heterocycles. The molecule has 0 bridgehead atoms. The first kappa shape index (κ1) is 20.2. The average Bonchev–Trinajstić information content (AvgIpc) is 3.16. The highest BCUT2D eigenvalue weighted by Gasteiger charge is 2.27. The van der Waals surface area contributed by atoms with E-state index in [4.69, 9.17) is 4.98 Å². The van der Waals surface area contributed by atoms with Gasteiger partial charge in [0.15, 0.2) is 11.2 Å². The number of aryl methyl sites for hydroxylation is 4. The fourth-order valence-corrected chi connectivity index (χ4v) is 4.53. The predicted octanol–water partition coefficient (Wildman–Crippen LogP) is 3.24. The summed E-state index contributed by atoms with van der Waals surface area (Å²) in [4.78, 5) is 33.3. The Labute approximate surface area is 184 Å². The monoisotopic (exact) mass is 433 g/mol. The van der Waals surface area contributed by atoms with E-state index in [1.54, 1.807) is 19.2 Å². The van der Waals surface area contributed by atoms with Crippen molar-refractivity contribution >= 4 is 22.8 Å². The highest BCUT2D eigenvalue weighted by Crippen LogP contribution is 2.32. The van der Waals surface area contributed by atoms with E-state index in [1.165, 1.54) is 21.3 Å². The van der Waals surface area contributed by atoms with E-state index in [1.807, 2.05) is 4.57 Å². The number of fused-ring (bicyclic) bond motifs is 3. The molecule has 3 heterocycles. The van der Waals surface area contributed by atoms with Gasteiger partial charge in [-0.25, -0.2) is 9.18 Å². The molecule has 0 amide bonds. The van der Waals surface area contributed by atoms with Crippen molar-refractivity contribution in [3.05, 3.63) is 85.8 Å². The van der Waals surface area contributed by atoms with E-state index in [0.29, 0.717) is 29.2 Å². The highest BCUT2D eigenvalue weighted by atomic mass is 19.1. The molecule has 0 atom stereocenters. The van der Waals surface area contributed by atoms with Gasteiger partial charge in [-0.05, 0) is 61.2 Å². The molecule has 4 aromatic rings. The van der Waals surface area contributed by atoms with Gasteiger partial charge < -0.3 is 9.47 Å². The van der Waals surface area contributed by atoms with Crippen LogP contribution < -0.4 is 16.1 Å². The topological polar surface area (TPSA) is 65.1 Å². The van der Waals surface area contributed by atoms with Crippen LogP contribution in [-0.4, -0.2) is 25.2 Å². The zero-order chi connectivity index (χ0) is 22.6. The lowest BCUT2D eigenvalue weighted by molar-refractivity contribution is 0.597.